The number of nitrogens with one attached hydrogen (secondary N) is 1. The number of hydrogen-bond acceptors (Lipinski definition) is 4. The smallest absolute Gasteiger partial charge is 0.194 e. The summed E-state index contributed by atoms with van der Waals surface area (Å²) in [6.07, 6.45) is 1.96. The van der Waals surface area contributed by atoms with Gasteiger partial charge in [0.1, 0.15) is 5.82 Å². The van der Waals surface area contributed by atoms with Crippen molar-refractivity contribution in [1.82, 2.24) is 15.2 Å². The summed E-state index contributed by atoms with van der Waals surface area (Å²) in [6.45, 7) is 10.9. The Kier molecular flexibility index (Phi) is 9.50. The van der Waals surface area contributed by atoms with Crippen LogP contribution >= 0.6 is 24.0 Å². The van der Waals surface area contributed by atoms with Gasteiger partial charge >= 0.3 is 0 Å². The molecule has 0 unspecified atom stereocenters. The molecule has 2 aromatic rings. The van der Waals surface area contributed by atoms with Gasteiger partial charge in [-0.3, -0.25) is 4.99 Å². The molecule has 3 rings (SSSR count). The highest BCUT2D eigenvalue weighted by atomic mass is 127. The lowest BCUT2D eigenvalue weighted by molar-refractivity contribution is 0.372. The lowest BCUT2D eigenvalue weighted by Crippen LogP contribution is -2.52. The third kappa shape index (κ3) is 6.22. The summed E-state index contributed by atoms with van der Waals surface area (Å²) in [5, 5.41) is 3.49. The first kappa shape index (κ1) is 23.3. The van der Waals surface area contributed by atoms with Crippen molar-refractivity contribution in [3.63, 3.8) is 0 Å². The molecule has 158 valence electrons. The Bertz CT molecular complexity index is 738. The van der Waals surface area contributed by atoms with E-state index in [1.165, 1.54) is 11.3 Å². The van der Waals surface area contributed by atoms with Crippen molar-refractivity contribution in [3.05, 3.63) is 54.2 Å². The zero-order valence-electron chi connectivity index (χ0n) is 17.7. The van der Waals surface area contributed by atoms with Crippen LogP contribution in [-0.2, 0) is 6.54 Å². The zero-order chi connectivity index (χ0) is 19.8. The second kappa shape index (κ2) is 11.8. The van der Waals surface area contributed by atoms with Crippen LogP contribution in [0.1, 0.15) is 19.4 Å². The fourth-order valence-corrected chi connectivity index (χ4v) is 3.58. The minimum atomic E-state index is 0. The molecule has 0 amide bonds. The molecule has 29 heavy (non-hydrogen) atoms. The van der Waals surface area contributed by atoms with Gasteiger partial charge in [0.15, 0.2) is 5.96 Å². The summed E-state index contributed by atoms with van der Waals surface area (Å²) >= 11 is 0. The number of anilines is 2. The third-order valence-electron chi connectivity index (χ3n) is 5.26. The highest BCUT2D eigenvalue weighted by molar-refractivity contribution is 14.0. The molecule has 0 bridgehead atoms. The van der Waals surface area contributed by atoms with Gasteiger partial charge in [-0.2, -0.15) is 0 Å². The maximum atomic E-state index is 4.61. The average Bonchev–Trinajstić information content (AvgIpc) is 2.77. The van der Waals surface area contributed by atoms with Crippen LogP contribution in [0.5, 0.6) is 0 Å². The van der Waals surface area contributed by atoms with Crippen molar-refractivity contribution in [1.29, 1.82) is 0 Å². The van der Waals surface area contributed by atoms with E-state index >= 15 is 0 Å². The van der Waals surface area contributed by atoms with E-state index in [-0.39, 0.29) is 24.0 Å². The molecule has 0 spiro atoms. The van der Waals surface area contributed by atoms with E-state index in [0.29, 0.717) is 0 Å². The number of rotatable bonds is 6. The van der Waals surface area contributed by atoms with E-state index in [9.17, 15) is 0 Å². The van der Waals surface area contributed by atoms with Crippen LogP contribution in [0.3, 0.4) is 0 Å². The molecule has 7 heteroatoms. The Labute approximate surface area is 192 Å². The molecular formula is C22H33IN6. The molecule has 2 heterocycles. The summed E-state index contributed by atoms with van der Waals surface area (Å²) in [5.41, 5.74) is 2.46. The summed E-state index contributed by atoms with van der Waals surface area (Å²) in [4.78, 5) is 16.1. The van der Waals surface area contributed by atoms with E-state index < -0.39 is 0 Å². The SMILES string of the molecule is CCN(CC)c1ccc(CNC(=NC)N2CCN(c3ccccc3)CC2)cn1.I. The number of aromatic nitrogens is 1. The Morgan fingerprint density at radius 1 is 1.03 bits per heavy atom. The normalized spacial score (nSPS) is 14.4. The first-order valence-corrected chi connectivity index (χ1v) is 10.2. The number of guanidine groups is 1. The molecule has 1 aliphatic heterocycles. The molecule has 1 fully saturated rings. The summed E-state index contributed by atoms with van der Waals surface area (Å²) < 4.78 is 0. The van der Waals surface area contributed by atoms with Gasteiger partial charge in [-0.15, -0.1) is 24.0 Å². The fourth-order valence-electron chi connectivity index (χ4n) is 3.58. The van der Waals surface area contributed by atoms with E-state index in [1.54, 1.807) is 0 Å². The number of halogens is 1. The first-order chi connectivity index (χ1) is 13.7. The second-order valence-corrected chi connectivity index (χ2v) is 6.91. The van der Waals surface area contributed by atoms with Crippen LogP contribution in [0.4, 0.5) is 11.5 Å². The average molecular weight is 508 g/mol. The Balaban J connectivity index is 0.00000300. The lowest BCUT2D eigenvalue weighted by Gasteiger charge is -2.37. The fraction of sp³-hybridized carbons (Fsp3) is 0.455. The van der Waals surface area contributed by atoms with E-state index in [1.807, 2.05) is 13.2 Å². The third-order valence-corrected chi connectivity index (χ3v) is 5.26. The number of hydrogen-bond donors (Lipinski definition) is 1. The first-order valence-electron chi connectivity index (χ1n) is 10.2. The van der Waals surface area contributed by atoms with Crippen molar-refractivity contribution < 1.29 is 0 Å². The number of pyridine rings is 1. The Morgan fingerprint density at radius 3 is 2.28 bits per heavy atom. The number of aliphatic imine (C=N–C) groups is 1. The van der Waals surface area contributed by atoms with Gasteiger partial charge in [-0.05, 0) is 37.6 Å². The van der Waals surface area contributed by atoms with Crippen LogP contribution in [0.15, 0.2) is 53.7 Å². The quantitative estimate of drug-likeness (QED) is 0.368. The number of nitrogens with zero attached hydrogens (tertiary/aromatic N) is 5. The minimum Gasteiger partial charge on any atom is -0.368 e. The molecule has 1 aliphatic rings. The maximum Gasteiger partial charge on any atom is 0.194 e. The highest BCUT2D eigenvalue weighted by Crippen LogP contribution is 2.16. The monoisotopic (exact) mass is 508 g/mol. The molecule has 1 aromatic heterocycles. The molecule has 0 aliphatic carbocycles. The number of piperazine rings is 1. The van der Waals surface area contributed by atoms with Gasteiger partial charge < -0.3 is 20.0 Å². The molecule has 0 atom stereocenters. The lowest BCUT2D eigenvalue weighted by atomic mass is 10.2. The van der Waals surface area contributed by atoms with Crippen molar-refractivity contribution >= 4 is 41.4 Å². The van der Waals surface area contributed by atoms with Gasteiger partial charge in [0.05, 0.1) is 0 Å². The van der Waals surface area contributed by atoms with Crippen LogP contribution in [0, 0.1) is 0 Å². The van der Waals surface area contributed by atoms with Crippen LogP contribution in [0.25, 0.3) is 0 Å². The van der Waals surface area contributed by atoms with Crippen LogP contribution in [0.2, 0.25) is 0 Å². The van der Waals surface area contributed by atoms with Gasteiger partial charge in [0, 0.05) is 64.7 Å². The zero-order valence-corrected chi connectivity index (χ0v) is 20.0. The summed E-state index contributed by atoms with van der Waals surface area (Å²) in [5.74, 6) is 2.00. The largest absolute Gasteiger partial charge is 0.368 e. The van der Waals surface area contributed by atoms with Crippen molar-refractivity contribution in [2.45, 2.75) is 20.4 Å². The highest BCUT2D eigenvalue weighted by Gasteiger charge is 2.19. The molecule has 1 N–H and O–H groups in total. The van der Waals surface area contributed by atoms with Gasteiger partial charge in [0.25, 0.3) is 0 Å². The summed E-state index contributed by atoms with van der Waals surface area (Å²) in [6, 6.07) is 14.9. The molecular weight excluding hydrogens is 475 g/mol. The van der Waals surface area contributed by atoms with Crippen LogP contribution in [-0.4, -0.2) is 62.2 Å². The van der Waals surface area contributed by atoms with Crippen molar-refractivity contribution in [2.75, 3.05) is 56.1 Å². The topological polar surface area (TPSA) is 47.0 Å². The van der Waals surface area contributed by atoms with E-state index in [2.05, 4.69) is 86.3 Å². The predicted molar refractivity (Wildman–Crippen MR) is 134 cm³/mol. The molecule has 0 radical (unpaired) electrons. The van der Waals surface area contributed by atoms with Gasteiger partial charge in [0.2, 0.25) is 0 Å². The van der Waals surface area contributed by atoms with Gasteiger partial charge in [-0.25, -0.2) is 4.98 Å². The Morgan fingerprint density at radius 2 is 1.72 bits per heavy atom. The Hall–Kier alpha value is -2.03. The van der Waals surface area contributed by atoms with Gasteiger partial charge in [-0.1, -0.05) is 24.3 Å². The molecule has 0 saturated carbocycles. The minimum absolute atomic E-state index is 0. The van der Waals surface area contributed by atoms with Crippen molar-refractivity contribution in [3.8, 4) is 0 Å². The predicted octanol–water partition coefficient (Wildman–Crippen LogP) is 3.44. The number of para-hydroxylation sites is 1. The molecule has 1 saturated heterocycles. The van der Waals surface area contributed by atoms with Crippen LogP contribution < -0.4 is 15.1 Å². The second-order valence-electron chi connectivity index (χ2n) is 6.91. The van der Waals surface area contributed by atoms with E-state index in [4.69, 9.17) is 0 Å². The maximum absolute atomic E-state index is 4.61. The molecule has 1 aromatic carbocycles. The van der Waals surface area contributed by atoms with E-state index in [0.717, 1.165) is 57.6 Å². The van der Waals surface area contributed by atoms with Crippen molar-refractivity contribution in [2.24, 2.45) is 4.99 Å². The number of benzene rings is 1. The molecule has 6 nitrogen and oxygen atoms in total. The summed E-state index contributed by atoms with van der Waals surface area (Å²) in [7, 11) is 1.85. The standard InChI is InChI=1S/C22H32N6.HI/c1-4-26(5-2)21-12-11-19(17-24-21)18-25-22(23-3)28-15-13-27(14-16-28)20-9-7-6-8-10-20;/h6-12,17H,4-5,13-16,18H2,1-3H3,(H,23,25);1H.